The molecule has 13 heavy (non-hydrogen) atoms. The van der Waals surface area contributed by atoms with Gasteiger partial charge in [0.1, 0.15) is 0 Å². The summed E-state index contributed by atoms with van der Waals surface area (Å²) >= 11 is 0. The maximum absolute atomic E-state index is 5.65. The van der Waals surface area contributed by atoms with Crippen LogP contribution in [0.2, 0.25) is 0 Å². The van der Waals surface area contributed by atoms with Crippen LogP contribution in [0.25, 0.3) is 0 Å². The Balaban J connectivity index is 2.86. The fourth-order valence-corrected chi connectivity index (χ4v) is 1.54. The van der Waals surface area contributed by atoms with Crippen molar-refractivity contribution in [2.75, 3.05) is 0 Å². The zero-order chi connectivity index (χ0) is 9.84. The highest BCUT2D eigenvalue weighted by molar-refractivity contribution is 5.31. The van der Waals surface area contributed by atoms with Gasteiger partial charge in [0.15, 0.2) is 0 Å². The van der Waals surface area contributed by atoms with Gasteiger partial charge in [0.05, 0.1) is 0 Å². The Kier molecular flexibility index (Phi) is 3.49. The van der Waals surface area contributed by atoms with Crippen LogP contribution in [0.3, 0.4) is 0 Å². The minimum Gasteiger partial charge on any atom is -0.326 e. The van der Waals surface area contributed by atoms with E-state index in [2.05, 4.69) is 39.0 Å². The van der Waals surface area contributed by atoms with Gasteiger partial charge in [-0.25, -0.2) is 0 Å². The van der Waals surface area contributed by atoms with Crippen molar-refractivity contribution in [1.82, 2.24) is 0 Å². The monoisotopic (exact) mass is 177 g/mol. The van der Waals surface area contributed by atoms with Crippen molar-refractivity contribution in [2.45, 2.75) is 33.7 Å². The van der Waals surface area contributed by atoms with Gasteiger partial charge in [-0.2, -0.15) is 0 Å². The standard InChI is InChI=1S/C12H19N/c1-9(2)6-11-5-4-10(3)12(7-11)8-13/h4-5,7,9H,6,8,13H2,1-3H3. The summed E-state index contributed by atoms with van der Waals surface area (Å²) in [6.07, 6.45) is 1.15. The molecule has 0 unspecified atom stereocenters. The predicted molar refractivity (Wildman–Crippen MR) is 57.6 cm³/mol. The van der Waals surface area contributed by atoms with E-state index in [0.29, 0.717) is 12.5 Å². The van der Waals surface area contributed by atoms with E-state index < -0.39 is 0 Å². The first kappa shape index (κ1) is 10.3. The van der Waals surface area contributed by atoms with Crippen molar-refractivity contribution in [2.24, 2.45) is 11.7 Å². The Morgan fingerprint density at radius 2 is 2.00 bits per heavy atom. The molecule has 72 valence electrons. The summed E-state index contributed by atoms with van der Waals surface area (Å²) in [6, 6.07) is 6.60. The highest BCUT2D eigenvalue weighted by atomic mass is 14.5. The van der Waals surface area contributed by atoms with E-state index in [-0.39, 0.29) is 0 Å². The highest BCUT2D eigenvalue weighted by Crippen LogP contribution is 2.13. The molecule has 1 aromatic carbocycles. The second-order valence-electron chi connectivity index (χ2n) is 4.06. The van der Waals surface area contributed by atoms with Crippen LogP contribution in [0.4, 0.5) is 0 Å². The van der Waals surface area contributed by atoms with Crippen molar-refractivity contribution in [1.29, 1.82) is 0 Å². The van der Waals surface area contributed by atoms with Gasteiger partial charge < -0.3 is 5.73 Å². The lowest BCUT2D eigenvalue weighted by Gasteiger charge is -2.08. The van der Waals surface area contributed by atoms with E-state index in [1.54, 1.807) is 0 Å². The molecule has 2 N–H and O–H groups in total. The molecule has 0 bridgehead atoms. The van der Waals surface area contributed by atoms with Crippen LogP contribution in [-0.4, -0.2) is 0 Å². The van der Waals surface area contributed by atoms with E-state index in [1.807, 2.05) is 0 Å². The van der Waals surface area contributed by atoms with Gasteiger partial charge >= 0.3 is 0 Å². The molecule has 1 rings (SSSR count). The lowest BCUT2D eigenvalue weighted by Crippen LogP contribution is -2.01. The first-order valence-corrected chi connectivity index (χ1v) is 4.92. The number of nitrogens with two attached hydrogens (primary N) is 1. The summed E-state index contributed by atoms with van der Waals surface area (Å²) in [5.41, 5.74) is 9.63. The Labute approximate surface area is 81.0 Å². The molecule has 1 aromatic rings. The smallest absolute Gasteiger partial charge is 0.0180 e. The normalized spacial score (nSPS) is 10.8. The molecule has 0 spiro atoms. The highest BCUT2D eigenvalue weighted by Gasteiger charge is 2.00. The van der Waals surface area contributed by atoms with Crippen LogP contribution in [0, 0.1) is 12.8 Å². The Hall–Kier alpha value is -0.820. The minimum atomic E-state index is 0.651. The van der Waals surface area contributed by atoms with Gasteiger partial charge in [0.2, 0.25) is 0 Å². The molecule has 0 amide bonds. The van der Waals surface area contributed by atoms with Crippen molar-refractivity contribution in [3.05, 3.63) is 34.9 Å². The predicted octanol–water partition coefficient (Wildman–Crippen LogP) is 2.65. The lowest BCUT2D eigenvalue weighted by atomic mass is 9.98. The van der Waals surface area contributed by atoms with Crippen molar-refractivity contribution in [3.63, 3.8) is 0 Å². The molecule has 0 aliphatic heterocycles. The summed E-state index contributed by atoms with van der Waals surface area (Å²) in [6.45, 7) is 7.24. The summed E-state index contributed by atoms with van der Waals surface area (Å²) < 4.78 is 0. The molecule has 1 nitrogen and oxygen atoms in total. The second kappa shape index (κ2) is 4.43. The number of rotatable bonds is 3. The van der Waals surface area contributed by atoms with Crippen molar-refractivity contribution in [3.8, 4) is 0 Å². The first-order valence-electron chi connectivity index (χ1n) is 4.92. The second-order valence-corrected chi connectivity index (χ2v) is 4.06. The average Bonchev–Trinajstić information content (AvgIpc) is 2.07. The molecule has 0 aromatic heterocycles. The zero-order valence-corrected chi connectivity index (χ0v) is 8.80. The number of aryl methyl sites for hydroxylation is 1. The molecule has 0 radical (unpaired) electrons. The quantitative estimate of drug-likeness (QED) is 0.754. The van der Waals surface area contributed by atoms with Crippen LogP contribution in [0.5, 0.6) is 0 Å². The average molecular weight is 177 g/mol. The molecule has 0 saturated carbocycles. The summed E-state index contributed by atoms with van der Waals surface area (Å²) in [5.74, 6) is 0.716. The fourth-order valence-electron chi connectivity index (χ4n) is 1.54. The zero-order valence-electron chi connectivity index (χ0n) is 8.80. The van der Waals surface area contributed by atoms with Crippen LogP contribution in [0.15, 0.2) is 18.2 Å². The van der Waals surface area contributed by atoms with Crippen molar-refractivity contribution >= 4 is 0 Å². The summed E-state index contributed by atoms with van der Waals surface area (Å²) in [5, 5.41) is 0. The van der Waals surface area contributed by atoms with Gasteiger partial charge in [-0.05, 0) is 36.0 Å². The van der Waals surface area contributed by atoms with E-state index in [9.17, 15) is 0 Å². The first-order chi connectivity index (χ1) is 6.13. The molecule has 0 aliphatic carbocycles. The van der Waals surface area contributed by atoms with Crippen LogP contribution < -0.4 is 5.73 Å². The molecule has 0 aliphatic rings. The maximum atomic E-state index is 5.65. The third-order valence-electron chi connectivity index (χ3n) is 2.28. The molecular formula is C12H19N. The fraction of sp³-hybridized carbons (Fsp3) is 0.500. The SMILES string of the molecule is Cc1ccc(CC(C)C)cc1CN. The molecular weight excluding hydrogens is 158 g/mol. The van der Waals surface area contributed by atoms with Gasteiger partial charge in [0, 0.05) is 6.54 Å². The maximum Gasteiger partial charge on any atom is 0.0180 e. The van der Waals surface area contributed by atoms with Gasteiger partial charge in [-0.15, -0.1) is 0 Å². The Morgan fingerprint density at radius 3 is 2.54 bits per heavy atom. The van der Waals surface area contributed by atoms with E-state index in [1.165, 1.54) is 16.7 Å². The van der Waals surface area contributed by atoms with Crippen LogP contribution >= 0.6 is 0 Å². The molecule has 0 atom stereocenters. The van der Waals surface area contributed by atoms with Crippen molar-refractivity contribution < 1.29 is 0 Å². The van der Waals surface area contributed by atoms with Gasteiger partial charge in [-0.1, -0.05) is 32.0 Å². The van der Waals surface area contributed by atoms with Gasteiger partial charge in [-0.3, -0.25) is 0 Å². The number of hydrogen-bond donors (Lipinski definition) is 1. The molecule has 1 heteroatoms. The third kappa shape index (κ3) is 2.85. The molecule has 0 heterocycles. The summed E-state index contributed by atoms with van der Waals surface area (Å²) in [7, 11) is 0. The van der Waals surface area contributed by atoms with Crippen LogP contribution in [-0.2, 0) is 13.0 Å². The Morgan fingerprint density at radius 1 is 1.31 bits per heavy atom. The number of hydrogen-bond acceptors (Lipinski definition) is 1. The number of benzene rings is 1. The minimum absolute atomic E-state index is 0.651. The summed E-state index contributed by atoms with van der Waals surface area (Å²) in [4.78, 5) is 0. The van der Waals surface area contributed by atoms with E-state index in [4.69, 9.17) is 5.73 Å². The van der Waals surface area contributed by atoms with Gasteiger partial charge in [0.25, 0.3) is 0 Å². The van der Waals surface area contributed by atoms with E-state index in [0.717, 1.165) is 6.42 Å². The van der Waals surface area contributed by atoms with Crippen LogP contribution in [0.1, 0.15) is 30.5 Å². The Bertz CT molecular complexity index is 276. The topological polar surface area (TPSA) is 26.0 Å². The van der Waals surface area contributed by atoms with E-state index >= 15 is 0 Å². The lowest BCUT2D eigenvalue weighted by molar-refractivity contribution is 0.646. The molecule has 0 saturated heterocycles. The molecule has 0 fully saturated rings. The largest absolute Gasteiger partial charge is 0.326 e. The third-order valence-corrected chi connectivity index (χ3v) is 2.28.